The van der Waals surface area contributed by atoms with Crippen molar-refractivity contribution in [2.75, 3.05) is 0 Å². The second kappa shape index (κ2) is 3.96. The largest absolute Gasteiger partial charge is 0.348 e. The Balaban J connectivity index is 1.82. The van der Waals surface area contributed by atoms with E-state index in [0.717, 1.165) is 29.4 Å². The topological polar surface area (TPSA) is 104 Å². The number of nitrogens with one attached hydrogen (secondary N) is 3. The number of aromatic amines is 2. The van der Waals surface area contributed by atoms with Gasteiger partial charge in [0.05, 0.1) is 22.6 Å². The molecule has 0 radical (unpaired) electrons. The molecule has 1 aliphatic rings. The number of aromatic nitrogens is 2. The fourth-order valence-electron chi connectivity index (χ4n) is 2.10. The van der Waals surface area contributed by atoms with Gasteiger partial charge in [0.2, 0.25) is 5.91 Å². The molecule has 100 valence electrons. The first kappa shape index (κ1) is 12.0. The van der Waals surface area contributed by atoms with Gasteiger partial charge in [-0.3, -0.25) is 4.79 Å². The zero-order valence-corrected chi connectivity index (χ0v) is 10.6. The molecule has 19 heavy (non-hydrogen) atoms. The smallest absolute Gasteiger partial charge is 0.323 e. The lowest BCUT2D eigenvalue weighted by Gasteiger charge is -2.17. The average molecular weight is 260 g/mol. The summed E-state index contributed by atoms with van der Waals surface area (Å²) in [4.78, 5) is 28.5. The van der Waals surface area contributed by atoms with E-state index in [4.69, 9.17) is 5.73 Å². The molecule has 1 aromatic heterocycles. The summed E-state index contributed by atoms with van der Waals surface area (Å²) in [5.41, 5.74) is 7.37. The second-order valence-corrected chi connectivity index (χ2v) is 5.24. The fourth-order valence-corrected chi connectivity index (χ4v) is 2.10. The number of hydrogen-bond donors (Lipinski definition) is 4. The van der Waals surface area contributed by atoms with Crippen LogP contribution in [0.1, 0.15) is 31.4 Å². The minimum absolute atomic E-state index is 0.109. The molecule has 5 N–H and O–H groups in total. The Hall–Kier alpha value is -2.08. The summed E-state index contributed by atoms with van der Waals surface area (Å²) >= 11 is 0. The number of amides is 1. The van der Waals surface area contributed by atoms with E-state index in [2.05, 4.69) is 15.3 Å². The number of benzene rings is 1. The summed E-state index contributed by atoms with van der Waals surface area (Å²) in [6.07, 6.45) is 1.49. The molecule has 2 aromatic rings. The van der Waals surface area contributed by atoms with Crippen molar-refractivity contribution in [3.8, 4) is 0 Å². The van der Waals surface area contributed by atoms with Gasteiger partial charge >= 0.3 is 5.69 Å². The van der Waals surface area contributed by atoms with Gasteiger partial charge in [-0.15, -0.1) is 0 Å². The normalized spacial score (nSPS) is 18.2. The van der Waals surface area contributed by atoms with Crippen LogP contribution < -0.4 is 16.7 Å². The highest BCUT2D eigenvalue weighted by atomic mass is 16.2. The monoisotopic (exact) mass is 260 g/mol. The summed E-state index contributed by atoms with van der Waals surface area (Å²) in [7, 11) is 0. The molecule has 3 rings (SSSR count). The minimum atomic E-state index is -0.666. The Morgan fingerprint density at radius 3 is 2.74 bits per heavy atom. The van der Waals surface area contributed by atoms with Crippen molar-refractivity contribution < 1.29 is 4.79 Å². The summed E-state index contributed by atoms with van der Waals surface area (Å²) in [5.74, 6) is -0.109. The van der Waals surface area contributed by atoms with Crippen molar-refractivity contribution in [1.82, 2.24) is 15.3 Å². The highest BCUT2D eigenvalue weighted by Crippen LogP contribution is 2.33. The van der Waals surface area contributed by atoms with Crippen molar-refractivity contribution in [3.05, 3.63) is 34.2 Å². The SMILES string of the molecule is CC(NC(=O)C1(N)CC1)c1ccc2[nH]c(=O)[nH]c2c1. The first-order valence-electron chi connectivity index (χ1n) is 6.30. The Labute approximate surface area is 109 Å². The van der Waals surface area contributed by atoms with Gasteiger partial charge in [0.15, 0.2) is 0 Å². The van der Waals surface area contributed by atoms with Gasteiger partial charge in [-0.2, -0.15) is 0 Å². The van der Waals surface area contributed by atoms with Crippen LogP contribution in [-0.4, -0.2) is 21.4 Å². The molecule has 1 amide bonds. The van der Waals surface area contributed by atoms with Crippen molar-refractivity contribution in [1.29, 1.82) is 0 Å². The van der Waals surface area contributed by atoms with Crippen molar-refractivity contribution >= 4 is 16.9 Å². The van der Waals surface area contributed by atoms with E-state index in [1.807, 2.05) is 25.1 Å². The summed E-state index contributed by atoms with van der Waals surface area (Å²) < 4.78 is 0. The predicted molar refractivity (Wildman–Crippen MR) is 71.6 cm³/mol. The molecule has 0 aliphatic heterocycles. The zero-order chi connectivity index (χ0) is 13.6. The zero-order valence-electron chi connectivity index (χ0n) is 10.6. The van der Waals surface area contributed by atoms with Crippen LogP contribution in [0.3, 0.4) is 0 Å². The first-order valence-corrected chi connectivity index (χ1v) is 6.30. The van der Waals surface area contributed by atoms with Gasteiger partial charge in [-0.25, -0.2) is 4.79 Å². The van der Waals surface area contributed by atoms with E-state index in [0.29, 0.717) is 0 Å². The van der Waals surface area contributed by atoms with Crippen LogP contribution in [0.25, 0.3) is 11.0 Å². The quantitative estimate of drug-likeness (QED) is 0.647. The van der Waals surface area contributed by atoms with Crippen molar-refractivity contribution in [2.24, 2.45) is 5.73 Å². The number of rotatable bonds is 3. The maximum Gasteiger partial charge on any atom is 0.323 e. The second-order valence-electron chi connectivity index (χ2n) is 5.24. The lowest BCUT2D eigenvalue weighted by atomic mass is 10.1. The number of imidazole rings is 1. The van der Waals surface area contributed by atoms with E-state index >= 15 is 0 Å². The fraction of sp³-hybridized carbons (Fsp3) is 0.385. The summed E-state index contributed by atoms with van der Waals surface area (Å²) in [6.45, 7) is 1.90. The summed E-state index contributed by atoms with van der Waals surface area (Å²) in [6, 6.07) is 5.42. The predicted octanol–water partition coefficient (Wildman–Crippen LogP) is 0.525. The van der Waals surface area contributed by atoms with Crippen LogP contribution in [0.15, 0.2) is 23.0 Å². The van der Waals surface area contributed by atoms with E-state index in [9.17, 15) is 9.59 Å². The Morgan fingerprint density at radius 1 is 1.37 bits per heavy atom. The van der Waals surface area contributed by atoms with Gasteiger partial charge in [-0.05, 0) is 37.5 Å². The van der Waals surface area contributed by atoms with Crippen LogP contribution in [0.5, 0.6) is 0 Å². The Morgan fingerprint density at radius 2 is 2.05 bits per heavy atom. The lowest BCUT2D eigenvalue weighted by molar-refractivity contribution is -0.123. The number of hydrogen-bond acceptors (Lipinski definition) is 3. The van der Waals surface area contributed by atoms with Crippen LogP contribution in [-0.2, 0) is 4.79 Å². The standard InChI is InChI=1S/C13H16N4O2/c1-7(15-11(18)13(14)4-5-13)8-2-3-9-10(6-8)17-12(19)16-9/h2-3,6-7H,4-5,14H2,1H3,(H,15,18)(H2,16,17,19). The third kappa shape index (κ3) is 2.15. The molecule has 1 saturated carbocycles. The van der Waals surface area contributed by atoms with Gasteiger partial charge in [0, 0.05) is 0 Å². The number of nitrogens with two attached hydrogens (primary N) is 1. The molecule has 0 spiro atoms. The highest BCUT2D eigenvalue weighted by molar-refractivity contribution is 5.89. The average Bonchev–Trinajstić information content (AvgIpc) is 3.00. The van der Waals surface area contributed by atoms with E-state index in [1.165, 1.54) is 0 Å². The molecular formula is C13H16N4O2. The summed E-state index contributed by atoms with van der Waals surface area (Å²) in [5, 5.41) is 2.90. The van der Waals surface area contributed by atoms with Gasteiger partial charge in [-0.1, -0.05) is 6.07 Å². The molecule has 1 fully saturated rings. The molecule has 0 bridgehead atoms. The number of H-pyrrole nitrogens is 2. The molecule has 1 aliphatic carbocycles. The molecule has 1 aromatic carbocycles. The van der Waals surface area contributed by atoms with Crippen LogP contribution in [0, 0.1) is 0 Å². The molecule has 6 heteroatoms. The van der Waals surface area contributed by atoms with Gasteiger partial charge in [0.25, 0.3) is 0 Å². The van der Waals surface area contributed by atoms with E-state index in [-0.39, 0.29) is 17.6 Å². The molecule has 1 unspecified atom stereocenters. The molecule has 0 saturated heterocycles. The van der Waals surface area contributed by atoms with Crippen LogP contribution >= 0.6 is 0 Å². The van der Waals surface area contributed by atoms with E-state index in [1.54, 1.807) is 0 Å². The molecule has 6 nitrogen and oxygen atoms in total. The molecule has 1 heterocycles. The first-order chi connectivity index (χ1) is 8.98. The van der Waals surface area contributed by atoms with Crippen molar-refractivity contribution in [2.45, 2.75) is 31.3 Å². The third-order valence-corrected chi connectivity index (χ3v) is 3.63. The van der Waals surface area contributed by atoms with Crippen LogP contribution in [0.2, 0.25) is 0 Å². The molecular weight excluding hydrogens is 244 g/mol. The number of fused-ring (bicyclic) bond motifs is 1. The van der Waals surface area contributed by atoms with Crippen molar-refractivity contribution in [3.63, 3.8) is 0 Å². The number of carbonyl (C=O) groups is 1. The molecule has 1 atom stereocenters. The van der Waals surface area contributed by atoms with Gasteiger partial charge < -0.3 is 21.0 Å². The Kier molecular flexibility index (Phi) is 2.50. The maximum absolute atomic E-state index is 11.9. The van der Waals surface area contributed by atoms with Gasteiger partial charge in [0.1, 0.15) is 0 Å². The minimum Gasteiger partial charge on any atom is -0.348 e. The van der Waals surface area contributed by atoms with Crippen LogP contribution in [0.4, 0.5) is 0 Å². The lowest BCUT2D eigenvalue weighted by Crippen LogP contribution is -2.43. The highest BCUT2D eigenvalue weighted by Gasteiger charge is 2.46. The third-order valence-electron chi connectivity index (χ3n) is 3.63. The van der Waals surface area contributed by atoms with E-state index < -0.39 is 5.54 Å². The maximum atomic E-state index is 11.9. The Bertz CT molecular complexity index is 696. The number of carbonyl (C=O) groups excluding carboxylic acids is 1.